The van der Waals surface area contributed by atoms with Crippen LogP contribution in [0.25, 0.3) is 10.8 Å². The molecule has 2 aromatic carbocycles. The third-order valence-electron chi connectivity index (χ3n) is 4.11. The summed E-state index contributed by atoms with van der Waals surface area (Å²) in [6.07, 6.45) is 4.02. The van der Waals surface area contributed by atoms with Gasteiger partial charge in [0.2, 0.25) is 0 Å². The summed E-state index contributed by atoms with van der Waals surface area (Å²) >= 11 is 12.4. The molecule has 3 rings (SSSR count). The van der Waals surface area contributed by atoms with Crippen molar-refractivity contribution in [3.8, 4) is 0 Å². The molecule has 0 fully saturated rings. The smallest absolute Gasteiger partial charge is 0.266 e. The number of benzene rings is 2. The van der Waals surface area contributed by atoms with Gasteiger partial charge >= 0.3 is 0 Å². The predicted octanol–water partition coefficient (Wildman–Crippen LogP) is 5.25. The number of rotatable bonds is 6. The van der Waals surface area contributed by atoms with Gasteiger partial charge in [-0.2, -0.15) is 0 Å². The lowest BCUT2D eigenvalue weighted by Gasteiger charge is -2.26. The standard InChI is InChI=1S/C18H17Cl2NO3/c1-2-3-4-5-10-24-21-17(22)11-6-8-13(19)16-14(20)9-7-12(15(11)16)18(21)23/h6-9H,2-5,10H2,1H3. The summed E-state index contributed by atoms with van der Waals surface area (Å²) in [6, 6.07) is 6.43. The van der Waals surface area contributed by atoms with E-state index in [-0.39, 0.29) is 0 Å². The van der Waals surface area contributed by atoms with E-state index in [2.05, 4.69) is 6.92 Å². The SMILES string of the molecule is CCCCCCON1C(=O)c2ccc(Cl)c3c(Cl)ccc(c23)C1=O. The number of carbonyl (C=O) groups is 2. The van der Waals surface area contributed by atoms with Gasteiger partial charge in [-0.1, -0.05) is 49.4 Å². The Kier molecular flexibility index (Phi) is 5.09. The average molecular weight is 366 g/mol. The molecule has 6 heteroatoms. The second kappa shape index (κ2) is 7.09. The largest absolute Gasteiger partial charge is 0.285 e. The van der Waals surface area contributed by atoms with Crippen LogP contribution in [0.5, 0.6) is 0 Å². The molecule has 0 atom stereocenters. The van der Waals surface area contributed by atoms with Crippen LogP contribution in [0.15, 0.2) is 24.3 Å². The van der Waals surface area contributed by atoms with Crippen molar-refractivity contribution in [1.82, 2.24) is 5.06 Å². The molecule has 0 bridgehead atoms. The highest BCUT2D eigenvalue weighted by Crippen LogP contribution is 2.38. The number of hydrogen-bond donors (Lipinski definition) is 0. The molecular weight excluding hydrogens is 349 g/mol. The monoisotopic (exact) mass is 365 g/mol. The average Bonchev–Trinajstić information content (AvgIpc) is 2.57. The summed E-state index contributed by atoms with van der Waals surface area (Å²) in [7, 11) is 0. The van der Waals surface area contributed by atoms with E-state index in [1.807, 2.05) is 0 Å². The Morgan fingerprint density at radius 1 is 0.875 bits per heavy atom. The second-order valence-electron chi connectivity index (χ2n) is 5.74. The van der Waals surface area contributed by atoms with Crippen molar-refractivity contribution in [2.75, 3.05) is 6.61 Å². The molecule has 0 unspecified atom stereocenters. The third-order valence-corrected chi connectivity index (χ3v) is 4.74. The van der Waals surface area contributed by atoms with Gasteiger partial charge in [0.25, 0.3) is 11.8 Å². The van der Waals surface area contributed by atoms with Crippen LogP contribution >= 0.6 is 23.2 Å². The molecule has 24 heavy (non-hydrogen) atoms. The Morgan fingerprint density at radius 3 is 2.00 bits per heavy atom. The molecule has 4 nitrogen and oxygen atoms in total. The number of hydrogen-bond acceptors (Lipinski definition) is 3. The van der Waals surface area contributed by atoms with Gasteiger partial charge in [0.1, 0.15) is 0 Å². The van der Waals surface area contributed by atoms with E-state index in [1.165, 1.54) is 0 Å². The molecule has 0 spiro atoms. The summed E-state index contributed by atoms with van der Waals surface area (Å²) in [4.78, 5) is 30.8. The van der Waals surface area contributed by atoms with E-state index in [0.29, 0.717) is 38.6 Å². The fraction of sp³-hybridized carbons (Fsp3) is 0.333. The van der Waals surface area contributed by atoms with Crippen LogP contribution in [-0.4, -0.2) is 23.5 Å². The number of unbranched alkanes of at least 4 members (excludes halogenated alkanes) is 3. The van der Waals surface area contributed by atoms with Gasteiger partial charge in [-0.05, 0) is 30.7 Å². The van der Waals surface area contributed by atoms with Gasteiger partial charge < -0.3 is 0 Å². The Labute approximate surface area is 150 Å². The van der Waals surface area contributed by atoms with Crippen molar-refractivity contribution in [3.63, 3.8) is 0 Å². The zero-order valence-corrected chi connectivity index (χ0v) is 14.8. The van der Waals surface area contributed by atoms with E-state index in [9.17, 15) is 9.59 Å². The maximum atomic E-state index is 12.7. The van der Waals surface area contributed by atoms with Crippen LogP contribution in [0.2, 0.25) is 10.0 Å². The Hall–Kier alpha value is -1.62. The molecule has 0 N–H and O–H groups in total. The molecule has 1 aliphatic heterocycles. The van der Waals surface area contributed by atoms with Crippen molar-refractivity contribution in [3.05, 3.63) is 45.4 Å². The topological polar surface area (TPSA) is 46.6 Å². The van der Waals surface area contributed by atoms with Crippen molar-refractivity contribution in [2.45, 2.75) is 32.6 Å². The number of amides is 2. The second-order valence-corrected chi connectivity index (χ2v) is 6.55. The minimum absolute atomic E-state index is 0.330. The lowest BCUT2D eigenvalue weighted by Crippen LogP contribution is -2.40. The molecule has 1 aliphatic rings. The van der Waals surface area contributed by atoms with Crippen molar-refractivity contribution >= 4 is 45.8 Å². The predicted molar refractivity (Wildman–Crippen MR) is 94.6 cm³/mol. The quantitative estimate of drug-likeness (QED) is 0.518. The van der Waals surface area contributed by atoms with Crippen LogP contribution in [-0.2, 0) is 4.84 Å². The van der Waals surface area contributed by atoms with E-state index in [1.54, 1.807) is 24.3 Å². The van der Waals surface area contributed by atoms with Crippen LogP contribution in [0.3, 0.4) is 0 Å². The summed E-state index contributed by atoms with van der Waals surface area (Å²) in [5.74, 6) is -0.959. The highest BCUT2D eigenvalue weighted by Gasteiger charge is 2.35. The van der Waals surface area contributed by atoms with Crippen molar-refractivity contribution in [1.29, 1.82) is 0 Å². The first-order chi connectivity index (χ1) is 11.6. The molecular formula is C18H17Cl2NO3. The Bertz CT molecular complexity index is 763. The van der Waals surface area contributed by atoms with Gasteiger partial charge in [0, 0.05) is 20.8 Å². The van der Waals surface area contributed by atoms with E-state index < -0.39 is 11.8 Å². The summed E-state index contributed by atoms with van der Waals surface area (Å²) in [5, 5.41) is 2.70. The highest BCUT2D eigenvalue weighted by atomic mass is 35.5. The van der Waals surface area contributed by atoms with Crippen LogP contribution < -0.4 is 0 Å². The lowest BCUT2D eigenvalue weighted by atomic mass is 9.95. The Morgan fingerprint density at radius 2 is 1.46 bits per heavy atom. The minimum atomic E-state index is -0.480. The number of halogens is 2. The molecule has 2 amide bonds. The van der Waals surface area contributed by atoms with Gasteiger partial charge in [-0.15, -0.1) is 5.06 Å². The first-order valence-electron chi connectivity index (χ1n) is 7.98. The highest BCUT2D eigenvalue weighted by molar-refractivity contribution is 6.44. The van der Waals surface area contributed by atoms with Gasteiger partial charge in [-0.3, -0.25) is 14.4 Å². The van der Waals surface area contributed by atoms with Crippen LogP contribution in [0.4, 0.5) is 0 Å². The van der Waals surface area contributed by atoms with Crippen LogP contribution in [0, 0.1) is 0 Å². The van der Waals surface area contributed by atoms with Gasteiger partial charge in [0.15, 0.2) is 0 Å². The summed E-state index contributed by atoms with van der Waals surface area (Å²) < 4.78 is 0. The van der Waals surface area contributed by atoms with Crippen molar-refractivity contribution < 1.29 is 14.4 Å². The first-order valence-corrected chi connectivity index (χ1v) is 8.74. The zero-order valence-electron chi connectivity index (χ0n) is 13.3. The third kappa shape index (κ3) is 2.90. The normalized spacial score (nSPS) is 13.9. The van der Waals surface area contributed by atoms with Crippen LogP contribution in [0.1, 0.15) is 53.3 Å². The Balaban J connectivity index is 1.94. The van der Waals surface area contributed by atoms with E-state index in [0.717, 1.165) is 30.7 Å². The maximum Gasteiger partial charge on any atom is 0.285 e. The molecule has 0 aromatic heterocycles. The number of hydroxylamine groups is 2. The number of nitrogens with zero attached hydrogens (tertiary/aromatic N) is 1. The number of imide groups is 1. The van der Waals surface area contributed by atoms with Crippen molar-refractivity contribution in [2.24, 2.45) is 0 Å². The van der Waals surface area contributed by atoms with E-state index in [4.69, 9.17) is 28.0 Å². The van der Waals surface area contributed by atoms with Gasteiger partial charge in [0.05, 0.1) is 17.7 Å². The molecule has 0 saturated carbocycles. The molecule has 0 saturated heterocycles. The molecule has 126 valence electrons. The van der Waals surface area contributed by atoms with Gasteiger partial charge in [-0.25, -0.2) is 0 Å². The fourth-order valence-corrected chi connectivity index (χ4v) is 3.45. The summed E-state index contributed by atoms with van der Waals surface area (Å²) in [6.45, 7) is 2.45. The minimum Gasteiger partial charge on any atom is -0.266 e. The summed E-state index contributed by atoms with van der Waals surface area (Å²) in [5.41, 5.74) is 0.750. The number of carbonyl (C=O) groups excluding carboxylic acids is 2. The molecule has 0 radical (unpaired) electrons. The maximum absolute atomic E-state index is 12.7. The molecule has 2 aromatic rings. The fourth-order valence-electron chi connectivity index (χ4n) is 2.88. The first kappa shape index (κ1) is 17.2. The zero-order chi connectivity index (χ0) is 17.3. The lowest BCUT2D eigenvalue weighted by molar-refractivity contribution is -0.0961. The molecule has 1 heterocycles. The molecule has 0 aliphatic carbocycles. The van der Waals surface area contributed by atoms with E-state index >= 15 is 0 Å².